The maximum Gasteiger partial charge on any atom is 0.347 e. The molecule has 1 atom stereocenters. The van der Waals surface area contributed by atoms with Crippen LogP contribution in [-0.2, 0) is 16.1 Å². The molecular formula is C21H18N2O4S. The number of hydrogen-bond donors (Lipinski definition) is 0. The number of carbonyl (C=O) groups excluding carboxylic acids is 1. The van der Waals surface area contributed by atoms with Gasteiger partial charge < -0.3 is 14.2 Å². The van der Waals surface area contributed by atoms with E-state index in [1.807, 2.05) is 35.7 Å². The first kappa shape index (κ1) is 19.4. The molecule has 1 aromatic heterocycles. The summed E-state index contributed by atoms with van der Waals surface area (Å²) in [6.45, 7) is 1.68. The van der Waals surface area contributed by atoms with Gasteiger partial charge in [0.2, 0.25) is 0 Å². The first-order valence-corrected chi connectivity index (χ1v) is 9.39. The molecule has 0 radical (unpaired) electrons. The second kappa shape index (κ2) is 9.02. The second-order valence-electron chi connectivity index (χ2n) is 5.88. The lowest BCUT2D eigenvalue weighted by atomic mass is 10.2. The number of esters is 1. The lowest BCUT2D eigenvalue weighted by Gasteiger charge is -2.13. The van der Waals surface area contributed by atoms with Crippen LogP contribution in [0.1, 0.15) is 18.2 Å². The Morgan fingerprint density at radius 3 is 2.71 bits per heavy atom. The fourth-order valence-corrected chi connectivity index (χ4v) is 3.19. The van der Waals surface area contributed by atoms with Gasteiger partial charge in [-0.15, -0.1) is 11.3 Å². The number of benzene rings is 2. The number of carbonyl (C=O) groups is 1. The van der Waals surface area contributed by atoms with E-state index in [4.69, 9.17) is 19.5 Å². The van der Waals surface area contributed by atoms with Gasteiger partial charge in [0.25, 0.3) is 0 Å². The van der Waals surface area contributed by atoms with E-state index in [1.165, 1.54) is 11.3 Å². The van der Waals surface area contributed by atoms with E-state index in [9.17, 15) is 4.79 Å². The van der Waals surface area contributed by atoms with Crippen molar-refractivity contribution in [1.29, 1.82) is 5.26 Å². The number of thiazole rings is 1. The van der Waals surface area contributed by atoms with Gasteiger partial charge in [-0.25, -0.2) is 9.78 Å². The maximum atomic E-state index is 12.2. The summed E-state index contributed by atoms with van der Waals surface area (Å²) in [6, 6.07) is 16.2. The van der Waals surface area contributed by atoms with Crippen LogP contribution in [0.15, 0.2) is 53.9 Å². The van der Waals surface area contributed by atoms with Crippen LogP contribution >= 0.6 is 11.3 Å². The normalized spacial score (nSPS) is 11.3. The number of ether oxygens (including phenoxy) is 3. The van der Waals surface area contributed by atoms with Crippen molar-refractivity contribution in [3.8, 4) is 28.1 Å². The van der Waals surface area contributed by atoms with Gasteiger partial charge in [0.05, 0.1) is 24.4 Å². The third-order valence-corrected chi connectivity index (χ3v) is 4.80. The Hall–Kier alpha value is -3.37. The summed E-state index contributed by atoms with van der Waals surface area (Å²) in [6.07, 6.45) is -0.774. The number of nitriles is 1. The molecular weight excluding hydrogens is 376 g/mol. The molecule has 7 heteroatoms. The fraction of sp³-hybridized carbons (Fsp3) is 0.190. The number of rotatable bonds is 7. The zero-order chi connectivity index (χ0) is 19.9. The smallest absolute Gasteiger partial charge is 0.347 e. The van der Waals surface area contributed by atoms with Crippen LogP contribution in [0.2, 0.25) is 0 Å². The molecule has 0 aliphatic heterocycles. The summed E-state index contributed by atoms with van der Waals surface area (Å²) >= 11 is 1.47. The molecule has 0 saturated carbocycles. The third-order valence-electron chi connectivity index (χ3n) is 3.86. The largest absolute Gasteiger partial charge is 0.497 e. The summed E-state index contributed by atoms with van der Waals surface area (Å²) in [4.78, 5) is 16.7. The van der Waals surface area contributed by atoms with Crippen molar-refractivity contribution in [2.24, 2.45) is 0 Å². The van der Waals surface area contributed by atoms with Crippen LogP contribution < -0.4 is 9.47 Å². The highest BCUT2D eigenvalue weighted by Gasteiger charge is 2.17. The van der Waals surface area contributed by atoms with E-state index < -0.39 is 12.1 Å². The van der Waals surface area contributed by atoms with Crippen molar-refractivity contribution in [2.75, 3.05) is 7.11 Å². The highest BCUT2D eigenvalue weighted by Crippen LogP contribution is 2.27. The molecule has 0 unspecified atom stereocenters. The predicted octanol–water partition coefficient (Wildman–Crippen LogP) is 4.20. The molecule has 0 bridgehead atoms. The summed E-state index contributed by atoms with van der Waals surface area (Å²) < 4.78 is 16.1. The molecule has 0 amide bonds. The van der Waals surface area contributed by atoms with Crippen LogP contribution in [0.3, 0.4) is 0 Å². The second-order valence-corrected chi connectivity index (χ2v) is 6.74. The van der Waals surface area contributed by atoms with Crippen molar-refractivity contribution < 1.29 is 19.0 Å². The van der Waals surface area contributed by atoms with E-state index in [2.05, 4.69) is 4.98 Å². The Kier molecular flexibility index (Phi) is 6.25. The first-order chi connectivity index (χ1) is 13.6. The van der Waals surface area contributed by atoms with E-state index in [-0.39, 0.29) is 6.61 Å². The molecule has 3 aromatic rings. The van der Waals surface area contributed by atoms with Gasteiger partial charge in [-0.1, -0.05) is 12.1 Å². The Balaban J connectivity index is 1.55. The zero-order valence-corrected chi connectivity index (χ0v) is 16.2. The molecule has 2 aromatic carbocycles. The minimum atomic E-state index is -0.774. The average molecular weight is 394 g/mol. The summed E-state index contributed by atoms with van der Waals surface area (Å²) in [5, 5.41) is 11.5. The van der Waals surface area contributed by atoms with Crippen molar-refractivity contribution in [2.45, 2.75) is 19.6 Å². The van der Waals surface area contributed by atoms with Gasteiger partial charge >= 0.3 is 5.97 Å². The zero-order valence-electron chi connectivity index (χ0n) is 15.4. The van der Waals surface area contributed by atoms with E-state index in [0.29, 0.717) is 17.0 Å². The number of methoxy groups -OCH3 is 1. The van der Waals surface area contributed by atoms with Gasteiger partial charge in [-0.2, -0.15) is 5.26 Å². The third kappa shape index (κ3) is 4.87. The predicted molar refractivity (Wildman–Crippen MR) is 105 cm³/mol. The highest BCUT2D eigenvalue weighted by molar-refractivity contribution is 7.13. The van der Waals surface area contributed by atoms with Gasteiger partial charge in [0.1, 0.15) is 23.1 Å². The molecule has 0 aliphatic carbocycles. The van der Waals surface area contributed by atoms with Gasteiger partial charge in [-0.3, -0.25) is 0 Å². The lowest BCUT2D eigenvalue weighted by molar-refractivity contribution is -0.152. The molecule has 0 saturated heterocycles. The lowest BCUT2D eigenvalue weighted by Crippen LogP contribution is -2.26. The van der Waals surface area contributed by atoms with E-state index >= 15 is 0 Å². The van der Waals surface area contributed by atoms with Crippen LogP contribution in [-0.4, -0.2) is 24.2 Å². The van der Waals surface area contributed by atoms with Gasteiger partial charge in [0.15, 0.2) is 6.10 Å². The Labute approximate surface area is 166 Å². The molecule has 0 spiro atoms. The summed E-state index contributed by atoms with van der Waals surface area (Å²) in [5.41, 5.74) is 2.14. The van der Waals surface area contributed by atoms with Crippen molar-refractivity contribution >= 4 is 17.3 Å². The van der Waals surface area contributed by atoms with E-state index in [0.717, 1.165) is 16.3 Å². The SMILES string of the molecule is COc1cccc(-c2nc(COC(=O)[C@H](C)Oc3ccc(C#N)cc3)cs2)c1. The Bertz CT molecular complexity index is 992. The summed E-state index contributed by atoms with van der Waals surface area (Å²) in [5.74, 6) is 0.771. The van der Waals surface area contributed by atoms with Crippen molar-refractivity contribution in [3.63, 3.8) is 0 Å². The molecule has 0 aliphatic rings. The maximum absolute atomic E-state index is 12.2. The Morgan fingerprint density at radius 1 is 1.21 bits per heavy atom. The van der Waals surface area contributed by atoms with Crippen molar-refractivity contribution in [3.05, 3.63) is 65.2 Å². The van der Waals surface area contributed by atoms with Crippen molar-refractivity contribution in [1.82, 2.24) is 4.98 Å². The molecule has 0 N–H and O–H groups in total. The quantitative estimate of drug-likeness (QED) is 0.559. The monoisotopic (exact) mass is 394 g/mol. The minimum Gasteiger partial charge on any atom is -0.497 e. The number of aromatic nitrogens is 1. The summed E-state index contributed by atoms with van der Waals surface area (Å²) in [7, 11) is 1.62. The van der Waals surface area contributed by atoms with Crippen LogP contribution in [0.5, 0.6) is 11.5 Å². The Morgan fingerprint density at radius 2 is 2.00 bits per heavy atom. The first-order valence-electron chi connectivity index (χ1n) is 8.51. The van der Waals surface area contributed by atoms with E-state index in [1.54, 1.807) is 38.3 Å². The van der Waals surface area contributed by atoms with Crippen LogP contribution in [0.4, 0.5) is 0 Å². The average Bonchev–Trinajstić information content (AvgIpc) is 3.21. The number of nitrogens with zero attached hydrogens (tertiary/aromatic N) is 2. The molecule has 142 valence electrons. The van der Waals surface area contributed by atoms with Crippen LogP contribution in [0, 0.1) is 11.3 Å². The minimum absolute atomic E-state index is 0.0698. The highest BCUT2D eigenvalue weighted by atomic mass is 32.1. The standard InChI is InChI=1S/C21H18N2O4S/c1-14(27-18-8-6-15(11-22)7-9-18)21(24)26-12-17-13-28-20(23-17)16-4-3-5-19(10-16)25-2/h3-10,13-14H,12H2,1-2H3/t14-/m0/s1. The topological polar surface area (TPSA) is 81.4 Å². The van der Waals surface area contributed by atoms with Crippen LogP contribution in [0.25, 0.3) is 10.6 Å². The fourth-order valence-electron chi connectivity index (χ4n) is 2.38. The van der Waals surface area contributed by atoms with Gasteiger partial charge in [-0.05, 0) is 43.3 Å². The molecule has 0 fully saturated rings. The molecule has 3 rings (SSSR count). The molecule has 28 heavy (non-hydrogen) atoms. The number of hydrogen-bond acceptors (Lipinski definition) is 7. The molecule has 1 heterocycles. The van der Waals surface area contributed by atoms with Gasteiger partial charge in [0, 0.05) is 10.9 Å². The molecule has 6 nitrogen and oxygen atoms in total.